The molecule has 0 saturated heterocycles. The molecule has 2 heterocycles. The van der Waals surface area contributed by atoms with E-state index in [0.29, 0.717) is 42.5 Å². The second-order valence-electron chi connectivity index (χ2n) is 8.09. The summed E-state index contributed by atoms with van der Waals surface area (Å²) >= 11 is 0. The van der Waals surface area contributed by atoms with Crippen LogP contribution < -0.4 is 10.2 Å². The lowest BCUT2D eigenvalue weighted by atomic mass is 9.81. The van der Waals surface area contributed by atoms with E-state index in [0.717, 1.165) is 44.2 Å². The van der Waals surface area contributed by atoms with Gasteiger partial charge in [0.15, 0.2) is 0 Å². The van der Waals surface area contributed by atoms with E-state index in [1.807, 2.05) is 4.90 Å². The van der Waals surface area contributed by atoms with Gasteiger partial charge in [-0.1, -0.05) is 12.8 Å². The summed E-state index contributed by atoms with van der Waals surface area (Å²) in [6.07, 6.45) is 0.561. The molecule has 5 nitrogen and oxygen atoms in total. The van der Waals surface area contributed by atoms with E-state index in [9.17, 15) is 23.1 Å². The van der Waals surface area contributed by atoms with Gasteiger partial charge in [0.2, 0.25) is 5.76 Å². The fourth-order valence-electron chi connectivity index (χ4n) is 4.49. The highest BCUT2D eigenvalue weighted by Crippen LogP contribution is 2.40. The number of nitrogens with one attached hydrogen (secondary N) is 1. The van der Waals surface area contributed by atoms with E-state index in [-0.39, 0.29) is 18.0 Å². The molecule has 2 aliphatic rings. The van der Waals surface area contributed by atoms with Crippen LogP contribution in [0, 0.1) is 11.8 Å². The van der Waals surface area contributed by atoms with Gasteiger partial charge in [-0.2, -0.15) is 13.2 Å². The lowest BCUT2D eigenvalue weighted by Gasteiger charge is -2.30. The van der Waals surface area contributed by atoms with Crippen LogP contribution in [0.25, 0.3) is 11.0 Å². The van der Waals surface area contributed by atoms with Gasteiger partial charge >= 0.3 is 6.18 Å². The molecule has 158 valence electrons. The second kappa shape index (κ2) is 7.89. The first-order valence-corrected chi connectivity index (χ1v) is 10.1. The van der Waals surface area contributed by atoms with Crippen LogP contribution in [0.15, 0.2) is 22.6 Å². The largest absolute Gasteiger partial charge is 0.449 e. The van der Waals surface area contributed by atoms with Crippen molar-refractivity contribution in [3.63, 3.8) is 0 Å². The van der Waals surface area contributed by atoms with Crippen LogP contribution >= 0.6 is 0 Å². The van der Waals surface area contributed by atoms with E-state index < -0.39 is 17.6 Å². The minimum absolute atomic E-state index is 0.0841. The Morgan fingerprint density at radius 2 is 1.90 bits per heavy atom. The highest BCUT2D eigenvalue weighted by molar-refractivity contribution is 6.07. The quantitative estimate of drug-likeness (QED) is 0.793. The Morgan fingerprint density at radius 3 is 2.59 bits per heavy atom. The number of hydrogen-bond acceptors (Lipinski definition) is 4. The molecule has 1 saturated carbocycles. The molecule has 1 aliphatic carbocycles. The number of carbonyl (C=O) groups is 1. The van der Waals surface area contributed by atoms with Crippen LogP contribution in [0.3, 0.4) is 0 Å². The molecule has 1 fully saturated rings. The lowest BCUT2D eigenvalue weighted by molar-refractivity contribution is -0.137. The predicted molar refractivity (Wildman–Crippen MR) is 103 cm³/mol. The first-order chi connectivity index (χ1) is 13.9. The maximum absolute atomic E-state index is 13.2. The smallest absolute Gasteiger partial charge is 0.416 e. The number of anilines is 1. The Kier molecular flexibility index (Phi) is 5.46. The van der Waals surface area contributed by atoms with Gasteiger partial charge in [0, 0.05) is 31.6 Å². The number of furan rings is 1. The highest BCUT2D eigenvalue weighted by Gasteiger charge is 2.34. The summed E-state index contributed by atoms with van der Waals surface area (Å²) < 4.78 is 45.3. The minimum atomic E-state index is -4.46. The van der Waals surface area contributed by atoms with Gasteiger partial charge in [0.1, 0.15) is 5.58 Å². The molecule has 4 rings (SSSR count). The first kappa shape index (κ1) is 20.1. The van der Waals surface area contributed by atoms with Crippen molar-refractivity contribution in [2.24, 2.45) is 11.8 Å². The number of carbonyl (C=O) groups excluding carboxylic acids is 1. The summed E-state index contributed by atoms with van der Waals surface area (Å²) in [6, 6.07) is 3.34. The molecule has 2 N–H and O–H groups in total. The molecular weight excluding hydrogens is 385 g/mol. The maximum atomic E-state index is 13.2. The van der Waals surface area contributed by atoms with Crippen molar-refractivity contribution in [3.8, 4) is 0 Å². The number of rotatable bonds is 4. The van der Waals surface area contributed by atoms with Crippen molar-refractivity contribution in [1.82, 2.24) is 5.32 Å². The Labute approximate surface area is 166 Å². The van der Waals surface area contributed by atoms with E-state index >= 15 is 0 Å². The van der Waals surface area contributed by atoms with Crippen molar-refractivity contribution < 1.29 is 27.5 Å². The zero-order valence-corrected chi connectivity index (χ0v) is 16.1. The average Bonchev–Trinajstić information content (AvgIpc) is 3.01. The maximum Gasteiger partial charge on any atom is 0.416 e. The van der Waals surface area contributed by atoms with Crippen molar-refractivity contribution in [3.05, 3.63) is 29.5 Å². The van der Waals surface area contributed by atoms with Crippen molar-refractivity contribution in [1.29, 1.82) is 0 Å². The Morgan fingerprint density at radius 1 is 1.17 bits per heavy atom. The average molecular weight is 410 g/mol. The molecule has 0 bridgehead atoms. The van der Waals surface area contributed by atoms with E-state index in [4.69, 9.17) is 4.42 Å². The molecular formula is C21H25F3N2O3. The predicted octanol–water partition coefficient (Wildman–Crippen LogP) is 4.19. The normalized spacial score (nSPS) is 23.0. The van der Waals surface area contributed by atoms with E-state index in [2.05, 4.69) is 5.32 Å². The molecule has 29 heavy (non-hydrogen) atoms. The zero-order valence-electron chi connectivity index (χ0n) is 16.1. The van der Waals surface area contributed by atoms with Gasteiger partial charge in [0.05, 0.1) is 11.3 Å². The third kappa shape index (κ3) is 4.08. The van der Waals surface area contributed by atoms with Gasteiger partial charge in [-0.3, -0.25) is 4.79 Å². The number of hydrogen-bond donors (Lipinski definition) is 2. The van der Waals surface area contributed by atoms with Crippen LogP contribution in [-0.4, -0.2) is 37.3 Å². The van der Waals surface area contributed by atoms with Crippen molar-refractivity contribution in [2.75, 3.05) is 31.1 Å². The van der Waals surface area contributed by atoms with Crippen LogP contribution in [0.5, 0.6) is 0 Å². The van der Waals surface area contributed by atoms with Crippen molar-refractivity contribution in [2.45, 2.75) is 38.3 Å². The highest BCUT2D eigenvalue weighted by atomic mass is 19.4. The molecule has 0 spiro atoms. The number of benzene rings is 1. The minimum Gasteiger partial charge on any atom is -0.449 e. The van der Waals surface area contributed by atoms with Gasteiger partial charge < -0.3 is 19.7 Å². The van der Waals surface area contributed by atoms with Crippen molar-refractivity contribution >= 4 is 22.6 Å². The van der Waals surface area contributed by atoms with Gasteiger partial charge in [0.25, 0.3) is 5.91 Å². The molecule has 1 aromatic carbocycles. The number of aliphatic hydroxyl groups excluding tert-OH is 1. The Hall–Kier alpha value is -2.22. The third-order valence-electron chi connectivity index (χ3n) is 6.21. The molecule has 0 radical (unpaired) electrons. The first-order valence-electron chi connectivity index (χ1n) is 10.1. The van der Waals surface area contributed by atoms with Crippen LogP contribution in [0.2, 0.25) is 0 Å². The Balaban J connectivity index is 1.61. The number of amides is 1. The summed E-state index contributed by atoms with van der Waals surface area (Å²) in [7, 11) is 0. The number of alkyl halides is 3. The molecule has 8 heteroatoms. The topological polar surface area (TPSA) is 65.7 Å². The van der Waals surface area contributed by atoms with Gasteiger partial charge in [-0.15, -0.1) is 0 Å². The van der Waals surface area contributed by atoms with Gasteiger partial charge in [-0.25, -0.2) is 0 Å². The summed E-state index contributed by atoms with van der Waals surface area (Å²) in [6.45, 7) is 1.83. The Bertz CT molecular complexity index is 885. The molecule has 2 aromatic rings. The zero-order chi connectivity index (χ0) is 20.6. The summed E-state index contributed by atoms with van der Waals surface area (Å²) in [4.78, 5) is 14.4. The molecule has 1 aromatic heterocycles. The second-order valence-corrected chi connectivity index (χ2v) is 8.09. The number of aliphatic hydroxyl groups is 1. The lowest BCUT2D eigenvalue weighted by Crippen LogP contribution is -2.32. The number of halogens is 3. The van der Waals surface area contributed by atoms with Crippen LogP contribution in [0.4, 0.5) is 18.9 Å². The SMILES string of the molecule is O=C1NCCN(CCC2CCC(CO)CC2)c2c1oc1ccc(C(F)(F)F)cc21. The number of fused-ring (bicyclic) bond motifs is 3. The summed E-state index contributed by atoms with van der Waals surface area (Å²) in [5.74, 6) is 0.602. The van der Waals surface area contributed by atoms with Crippen LogP contribution in [0.1, 0.15) is 48.2 Å². The fraction of sp³-hybridized carbons (Fsp3) is 0.571. The van der Waals surface area contributed by atoms with Gasteiger partial charge in [-0.05, 0) is 49.3 Å². The molecule has 1 aliphatic heterocycles. The molecule has 0 unspecified atom stereocenters. The molecule has 1 amide bonds. The monoisotopic (exact) mass is 410 g/mol. The molecule has 0 atom stereocenters. The number of nitrogens with zero attached hydrogens (tertiary/aromatic N) is 1. The van der Waals surface area contributed by atoms with E-state index in [1.54, 1.807) is 0 Å². The third-order valence-corrected chi connectivity index (χ3v) is 6.21. The standard InChI is InChI=1S/C21H25F3N2O3/c22-21(23,24)15-5-6-17-16(11-15)18-19(29-17)20(28)25-8-10-26(18)9-7-13-1-3-14(12-27)4-2-13/h5-6,11,13-14,27H,1-4,7-10,12H2,(H,25,28). The summed E-state index contributed by atoms with van der Waals surface area (Å²) in [5.41, 5.74) is -0.000760. The fourth-order valence-corrected chi connectivity index (χ4v) is 4.49. The van der Waals surface area contributed by atoms with Crippen LogP contribution in [-0.2, 0) is 6.18 Å². The summed E-state index contributed by atoms with van der Waals surface area (Å²) in [5, 5.41) is 12.4. The van der Waals surface area contributed by atoms with E-state index in [1.165, 1.54) is 6.07 Å².